The Morgan fingerprint density at radius 1 is 1.47 bits per heavy atom. The summed E-state index contributed by atoms with van der Waals surface area (Å²) in [5.74, 6) is 2.43. The molecule has 0 aromatic heterocycles. The molecule has 2 unspecified atom stereocenters. The van der Waals surface area contributed by atoms with Crippen LogP contribution in [0.5, 0.6) is 5.75 Å². The van der Waals surface area contributed by atoms with Gasteiger partial charge in [0.25, 0.3) is 0 Å². The fraction of sp³-hybridized carbons (Fsp3) is 0.600. The van der Waals surface area contributed by atoms with Gasteiger partial charge >= 0.3 is 0 Å². The summed E-state index contributed by atoms with van der Waals surface area (Å²) in [5, 5.41) is 3.49. The molecule has 1 N–H and O–H groups in total. The number of hydrogen-bond acceptors (Lipinski definition) is 2. The number of nitrogens with one attached hydrogen (secondary N) is 1. The molecule has 0 bridgehead atoms. The minimum Gasteiger partial charge on any atom is -0.497 e. The molecule has 2 nitrogen and oxygen atoms in total. The monoisotopic (exact) mass is 233 g/mol. The summed E-state index contributed by atoms with van der Waals surface area (Å²) in [6.07, 6.45) is 3.98. The zero-order valence-electron chi connectivity index (χ0n) is 10.9. The Kier molecular flexibility index (Phi) is 4.43. The van der Waals surface area contributed by atoms with E-state index in [-0.39, 0.29) is 0 Å². The van der Waals surface area contributed by atoms with E-state index in [0.717, 1.165) is 11.7 Å². The van der Waals surface area contributed by atoms with E-state index in [1.165, 1.54) is 37.9 Å². The van der Waals surface area contributed by atoms with Crippen LogP contribution >= 0.6 is 0 Å². The standard InChI is InChI=1S/C15H23NO/c1-12(9-13-5-4-8-16-11-13)14-6-3-7-15(10-14)17-2/h3,6-7,10,12-13,16H,4-5,8-9,11H2,1-2H3. The number of hydrogen-bond donors (Lipinski definition) is 1. The number of methoxy groups -OCH3 is 1. The minimum atomic E-state index is 0.620. The summed E-state index contributed by atoms with van der Waals surface area (Å²) in [6, 6.07) is 8.48. The van der Waals surface area contributed by atoms with Crippen LogP contribution < -0.4 is 10.1 Å². The molecule has 0 amide bonds. The predicted molar refractivity (Wildman–Crippen MR) is 71.6 cm³/mol. The van der Waals surface area contributed by atoms with Crippen molar-refractivity contribution < 1.29 is 4.74 Å². The maximum absolute atomic E-state index is 5.28. The molecular weight excluding hydrogens is 210 g/mol. The van der Waals surface area contributed by atoms with Crippen LogP contribution in [0.2, 0.25) is 0 Å². The lowest BCUT2D eigenvalue weighted by Gasteiger charge is -2.25. The van der Waals surface area contributed by atoms with E-state index in [1.54, 1.807) is 7.11 Å². The SMILES string of the molecule is COc1cccc(C(C)CC2CCCNC2)c1. The van der Waals surface area contributed by atoms with Crippen molar-refractivity contribution in [1.29, 1.82) is 0 Å². The van der Waals surface area contributed by atoms with Gasteiger partial charge in [-0.25, -0.2) is 0 Å². The van der Waals surface area contributed by atoms with Crippen molar-refractivity contribution in [1.82, 2.24) is 5.32 Å². The van der Waals surface area contributed by atoms with E-state index in [4.69, 9.17) is 4.74 Å². The lowest BCUT2D eigenvalue weighted by atomic mass is 9.86. The summed E-state index contributed by atoms with van der Waals surface area (Å²) in [4.78, 5) is 0. The second-order valence-electron chi connectivity index (χ2n) is 5.13. The Hall–Kier alpha value is -1.02. The Labute approximate surface area is 104 Å². The van der Waals surface area contributed by atoms with Gasteiger partial charge in [-0.15, -0.1) is 0 Å². The molecule has 17 heavy (non-hydrogen) atoms. The Morgan fingerprint density at radius 3 is 3.06 bits per heavy atom. The molecule has 1 saturated heterocycles. The lowest BCUT2D eigenvalue weighted by molar-refractivity contribution is 0.340. The van der Waals surface area contributed by atoms with Gasteiger partial charge in [-0.2, -0.15) is 0 Å². The van der Waals surface area contributed by atoms with Gasteiger partial charge in [0.1, 0.15) is 5.75 Å². The normalized spacial score (nSPS) is 22.1. The summed E-state index contributed by atoms with van der Waals surface area (Å²) in [6.45, 7) is 4.71. The molecule has 1 aliphatic rings. The maximum Gasteiger partial charge on any atom is 0.119 e. The van der Waals surface area contributed by atoms with E-state index in [0.29, 0.717) is 5.92 Å². The van der Waals surface area contributed by atoms with Crippen molar-refractivity contribution >= 4 is 0 Å². The third kappa shape index (κ3) is 3.47. The summed E-state index contributed by atoms with van der Waals surface area (Å²) >= 11 is 0. The van der Waals surface area contributed by atoms with E-state index >= 15 is 0 Å². The summed E-state index contributed by atoms with van der Waals surface area (Å²) < 4.78 is 5.28. The summed E-state index contributed by atoms with van der Waals surface area (Å²) in [7, 11) is 1.73. The van der Waals surface area contributed by atoms with Crippen LogP contribution in [0.4, 0.5) is 0 Å². The highest BCUT2D eigenvalue weighted by Gasteiger charge is 2.17. The average Bonchev–Trinajstić information content (AvgIpc) is 2.40. The van der Waals surface area contributed by atoms with E-state index in [2.05, 4.69) is 30.4 Å². The van der Waals surface area contributed by atoms with Crippen LogP contribution in [0.3, 0.4) is 0 Å². The Bertz CT molecular complexity index is 345. The third-order valence-corrected chi connectivity index (χ3v) is 3.75. The number of piperidine rings is 1. The van der Waals surface area contributed by atoms with Gasteiger partial charge in [0.2, 0.25) is 0 Å². The number of ether oxygens (including phenoxy) is 1. The molecule has 1 fully saturated rings. The Morgan fingerprint density at radius 2 is 2.35 bits per heavy atom. The van der Waals surface area contributed by atoms with Crippen molar-refractivity contribution in [2.75, 3.05) is 20.2 Å². The van der Waals surface area contributed by atoms with E-state index in [9.17, 15) is 0 Å². The zero-order chi connectivity index (χ0) is 12.1. The zero-order valence-corrected chi connectivity index (χ0v) is 10.9. The minimum absolute atomic E-state index is 0.620. The van der Waals surface area contributed by atoms with Crippen molar-refractivity contribution in [3.63, 3.8) is 0 Å². The molecule has 94 valence electrons. The second-order valence-corrected chi connectivity index (χ2v) is 5.13. The molecular formula is C15H23NO. The highest BCUT2D eigenvalue weighted by Crippen LogP contribution is 2.28. The van der Waals surface area contributed by atoms with Crippen molar-refractivity contribution in [2.45, 2.75) is 32.1 Å². The lowest BCUT2D eigenvalue weighted by Crippen LogP contribution is -2.30. The maximum atomic E-state index is 5.28. The molecule has 1 aromatic rings. The molecule has 1 aromatic carbocycles. The fourth-order valence-electron chi connectivity index (χ4n) is 2.71. The molecule has 2 rings (SSSR count). The summed E-state index contributed by atoms with van der Waals surface area (Å²) in [5.41, 5.74) is 1.40. The van der Waals surface area contributed by atoms with Crippen molar-refractivity contribution in [3.05, 3.63) is 29.8 Å². The van der Waals surface area contributed by atoms with Crippen LogP contribution in [-0.4, -0.2) is 20.2 Å². The first-order chi connectivity index (χ1) is 8.29. The predicted octanol–water partition coefficient (Wildman–Crippen LogP) is 3.19. The molecule has 0 aliphatic carbocycles. The first kappa shape index (κ1) is 12.4. The quantitative estimate of drug-likeness (QED) is 0.862. The van der Waals surface area contributed by atoms with Crippen LogP contribution in [-0.2, 0) is 0 Å². The molecule has 2 atom stereocenters. The Balaban J connectivity index is 1.95. The molecule has 0 saturated carbocycles. The van der Waals surface area contributed by atoms with Gasteiger partial charge in [0.15, 0.2) is 0 Å². The topological polar surface area (TPSA) is 21.3 Å². The van der Waals surface area contributed by atoms with Gasteiger partial charge in [-0.3, -0.25) is 0 Å². The molecule has 0 radical (unpaired) electrons. The van der Waals surface area contributed by atoms with Gasteiger partial charge in [0.05, 0.1) is 7.11 Å². The molecule has 1 heterocycles. The number of benzene rings is 1. The number of rotatable bonds is 4. The highest BCUT2D eigenvalue weighted by molar-refractivity contribution is 5.30. The second kappa shape index (κ2) is 6.06. The smallest absolute Gasteiger partial charge is 0.119 e. The van der Waals surface area contributed by atoms with Gasteiger partial charge < -0.3 is 10.1 Å². The fourth-order valence-corrected chi connectivity index (χ4v) is 2.71. The largest absolute Gasteiger partial charge is 0.497 e. The average molecular weight is 233 g/mol. The molecule has 2 heteroatoms. The van der Waals surface area contributed by atoms with E-state index in [1.807, 2.05) is 6.07 Å². The molecule has 1 aliphatic heterocycles. The first-order valence-corrected chi connectivity index (χ1v) is 6.64. The van der Waals surface area contributed by atoms with Gasteiger partial charge in [-0.1, -0.05) is 19.1 Å². The van der Waals surface area contributed by atoms with Crippen molar-refractivity contribution in [2.24, 2.45) is 5.92 Å². The molecule has 0 spiro atoms. The van der Waals surface area contributed by atoms with Crippen molar-refractivity contribution in [3.8, 4) is 5.75 Å². The van der Waals surface area contributed by atoms with Gasteiger partial charge in [0, 0.05) is 0 Å². The van der Waals surface area contributed by atoms with Crippen LogP contribution in [0.15, 0.2) is 24.3 Å². The van der Waals surface area contributed by atoms with Crippen LogP contribution in [0, 0.1) is 5.92 Å². The van der Waals surface area contributed by atoms with Gasteiger partial charge in [-0.05, 0) is 61.9 Å². The van der Waals surface area contributed by atoms with Crippen LogP contribution in [0.1, 0.15) is 37.7 Å². The van der Waals surface area contributed by atoms with E-state index < -0.39 is 0 Å². The third-order valence-electron chi connectivity index (χ3n) is 3.75. The highest BCUT2D eigenvalue weighted by atomic mass is 16.5. The first-order valence-electron chi connectivity index (χ1n) is 6.64. The van der Waals surface area contributed by atoms with Crippen LogP contribution in [0.25, 0.3) is 0 Å².